The molecule has 0 bridgehead atoms. The van der Waals surface area contributed by atoms with E-state index in [0.717, 1.165) is 41.7 Å². The number of para-hydroxylation sites is 1. The molecule has 0 saturated carbocycles. The third-order valence-corrected chi connectivity index (χ3v) is 8.97. The van der Waals surface area contributed by atoms with Crippen LogP contribution in [0.15, 0.2) is 59.5 Å². The second-order valence-corrected chi connectivity index (χ2v) is 11.7. The van der Waals surface area contributed by atoms with Crippen LogP contribution in [-0.4, -0.2) is 39.5 Å². The van der Waals surface area contributed by atoms with Crippen molar-refractivity contribution in [2.24, 2.45) is 0 Å². The van der Waals surface area contributed by atoms with E-state index in [2.05, 4.69) is 10.6 Å². The second kappa shape index (κ2) is 11.9. The maximum atomic E-state index is 13.9. The molecular formula is C32H32N6O4S. The summed E-state index contributed by atoms with van der Waals surface area (Å²) >= 11 is 1.41. The smallest absolute Gasteiger partial charge is 0.267 e. The van der Waals surface area contributed by atoms with Gasteiger partial charge in [-0.05, 0) is 74.4 Å². The Morgan fingerprint density at radius 1 is 1.05 bits per heavy atom. The molecule has 11 heteroatoms. The highest BCUT2D eigenvalue weighted by atomic mass is 32.1. The average molecular weight is 597 g/mol. The number of aromatic nitrogens is 3. The number of carbonyl (C=O) groups excluding carboxylic acids is 2. The summed E-state index contributed by atoms with van der Waals surface area (Å²) in [6.45, 7) is 2.64. The lowest BCUT2D eigenvalue weighted by Crippen LogP contribution is -2.32. The fraction of sp³-hybridized carbons (Fsp3) is 0.281. The van der Waals surface area contributed by atoms with Crippen LogP contribution in [0.5, 0.6) is 0 Å². The maximum Gasteiger partial charge on any atom is 0.267 e. The number of carbonyl (C=O) groups is 2. The number of anilines is 2. The Labute approximate surface area is 251 Å². The summed E-state index contributed by atoms with van der Waals surface area (Å²) in [4.78, 5) is 47.0. The van der Waals surface area contributed by atoms with Gasteiger partial charge in [0.2, 0.25) is 0 Å². The molecule has 2 amide bonds. The highest BCUT2D eigenvalue weighted by Gasteiger charge is 2.27. The molecule has 3 N–H and O–H groups in total. The van der Waals surface area contributed by atoms with E-state index in [-0.39, 0.29) is 27.9 Å². The van der Waals surface area contributed by atoms with E-state index in [0.29, 0.717) is 47.1 Å². The summed E-state index contributed by atoms with van der Waals surface area (Å²) in [5.41, 5.74) is 3.37. The van der Waals surface area contributed by atoms with Gasteiger partial charge in [-0.25, -0.2) is 4.98 Å². The lowest BCUT2D eigenvalue weighted by atomic mass is 9.95. The van der Waals surface area contributed by atoms with E-state index < -0.39 is 5.91 Å². The topological polar surface area (TPSA) is 131 Å². The summed E-state index contributed by atoms with van der Waals surface area (Å²) in [6.07, 6.45) is 5.80. The van der Waals surface area contributed by atoms with Gasteiger partial charge < -0.3 is 19.9 Å². The predicted molar refractivity (Wildman–Crippen MR) is 167 cm³/mol. The Morgan fingerprint density at radius 2 is 1.84 bits per heavy atom. The largest absolute Gasteiger partial charge is 0.385 e. The number of nitrogens with zero attached hydrogens (tertiary/aromatic N) is 3. The fourth-order valence-electron chi connectivity index (χ4n) is 5.63. The SMILES string of the molecule is COCCCn1c(=N)c(C(=O)Nc2sc3c(c2C(=O)Nc2ccccc2)CCCC3)cc2c(=O)n3cccc(C)c3nc21. The van der Waals surface area contributed by atoms with E-state index in [1.807, 2.05) is 43.3 Å². The Bertz CT molecular complexity index is 1990. The number of benzene rings is 1. The third kappa shape index (κ3) is 5.37. The van der Waals surface area contributed by atoms with Gasteiger partial charge in [0.05, 0.1) is 16.5 Å². The molecule has 0 radical (unpaired) electrons. The number of amides is 2. The standard InChI is InChI=1S/C32H32N6O4S/c1-19-10-8-15-38-27(19)35-28-23(32(38)41)18-22(26(33)37(28)16-9-17-42-2)29(39)36-31-25(21-13-6-7-14-24(21)43-31)30(40)34-20-11-4-3-5-12-20/h3-5,8,10-12,15,18,33H,6-7,9,13-14,16-17H2,1-2H3,(H,34,40)(H,36,39). The van der Waals surface area contributed by atoms with Crippen molar-refractivity contribution in [3.8, 4) is 0 Å². The summed E-state index contributed by atoms with van der Waals surface area (Å²) in [7, 11) is 1.60. The first-order valence-electron chi connectivity index (χ1n) is 14.3. The molecule has 0 spiro atoms. The second-order valence-electron chi connectivity index (χ2n) is 10.6. The quantitative estimate of drug-likeness (QED) is 0.173. The van der Waals surface area contributed by atoms with Gasteiger partial charge in [-0.1, -0.05) is 24.3 Å². The lowest BCUT2D eigenvalue weighted by Gasteiger charge is -2.15. The molecule has 1 aliphatic rings. The Morgan fingerprint density at radius 3 is 2.63 bits per heavy atom. The Balaban J connectivity index is 1.45. The first-order valence-corrected chi connectivity index (χ1v) is 15.1. The summed E-state index contributed by atoms with van der Waals surface area (Å²) in [5.74, 6) is -0.849. The lowest BCUT2D eigenvalue weighted by molar-refractivity contribution is 0.102. The minimum atomic E-state index is -0.562. The van der Waals surface area contributed by atoms with Crippen molar-refractivity contribution in [2.45, 2.75) is 45.6 Å². The van der Waals surface area contributed by atoms with Crippen molar-refractivity contribution in [1.29, 1.82) is 5.41 Å². The van der Waals surface area contributed by atoms with Gasteiger partial charge in [-0.2, -0.15) is 0 Å². The zero-order valence-electron chi connectivity index (χ0n) is 24.0. The van der Waals surface area contributed by atoms with Crippen molar-refractivity contribution in [3.63, 3.8) is 0 Å². The molecule has 0 aliphatic heterocycles. The van der Waals surface area contributed by atoms with Crippen molar-refractivity contribution >= 4 is 50.5 Å². The zero-order valence-corrected chi connectivity index (χ0v) is 24.8. The van der Waals surface area contributed by atoms with Gasteiger partial charge >= 0.3 is 0 Å². The highest BCUT2D eigenvalue weighted by Crippen LogP contribution is 2.38. The molecular weight excluding hydrogens is 564 g/mol. The van der Waals surface area contributed by atoms with Crippen molar-refractivity contribution < 1.29 is 14.3 Å². The van der Waals surface area contributed by atoms with Gasteiger partial charge in [-0.15, -0.1) is 11.3 Å². The van der Waals surface area contributed by atoms with E-state index in [4.69, 9.17) is 15.1 Å². The molecule has 1 aliphatic carbocycles. The monoisotopic (exact) mass is 596 g/mol. The number of rotatable bonds is 8. The van der Waals surface area contributed by atoms with Gasteiger partial charge in [0, 0.05) is 37.0 Å². The van der Waals surface area contributed by atoms with Crippen molar-refractivity contribution in [1.82, 2.24) is 14.0 Å². The highest BCUT2D eigenvalue weighted by molar-refractivity contribution is 7.17. The van der Waals surface area contributed by atoms with Crippen LogP contribution in [-0.2, 0) is 24.1 Å². The molecule has 0 saturated heterocycles. The minimum absolute atomic E-state index is 0.0252. The molecule has 43 heavy (non-hydrogen) atoms. The fourth-order valence-corrected chi connectivity index (χ4v) is 6.92. The minimum Gasteiger partial charge on any atom is -0.385 e. The number of fused-ring (bicyclic) bond motifs is 3. The van der Waals surface area contributed by atoms with Crippen LogP contribution in [0.25, 0.3) is 16.7 Å². The van der Waals surface area contributed by atoms with Crippen LogP contribution in [0.4, 0.5) is 10.7 Å². The predicted octanol–water partition coefficient (Wildman–Crippen LogP) is 4.92. The molecule has 220 valence electrons. The van der Waals surface area contributed by atoms with Gasteiger partial charge in [0.15, 0.2) is 0 Å². The molecule has 5 aromatic rings. The summed E-state index contributed by atoms with van der Waals surface area (Å²) in [6, 6.07) is 14.3. The first kappa shape index (κ1) is 28.5. The molecule has 10 nitrogen and oxygen atoms in total. The Kier molecular flexibility index (Phi) is 7.92. The molecule has 0 atom stereocenters. The molecule has 4 heterocycles. The van der Waals surface area contributed by atoms with Gasteiger partial charge in [0.1, 0.15) is 21.8 Å². The number of nitrogens with one attached hydrogen (secondary N) is 3. The number of ether oxygens (including phenoxy) is 1. The summed E-state index contributed by atoms with van der Waals surface area (Å²) in [5, 5.41) is 15.6. The van der Waals surface area contributed by atoms with E-state index >= 15 is 0 Å². The first-order chi connectivity index (χ1) is 20.9. The van der Waals surface area contributed by atoms with E-state index in [1.54, 1.807) is 23.9 Å². The number of hydrogen-bond donors (Lipinski definition) is 3. The normalized spacial score (nSPS) is 12.8. The van der Waals surface area contributed by atoms with Crippen LogP contribution < -0.4 is 21.7 Å². The number of aryl methyl sites for hydroxylation is 3. The molecule has 6 rings (SSSR count). The van der Waals surface area contributed by atoms with Crippen LogP contribution in [0.1, 0.15) is 56.0 Å². The molecule has 4 aromatic heterocycles. The van der Waals surface area contributed by atoms with Crippen molar-refractivity contribution in [3.05, 3.63) is 97.7 Å². The number of hydrogen-bond acceptors (Lipinski definition) is 7. The number of methoxy groups -OCH3 is 1. The molecule has 1 aromatic carbocycles. The number of pyridine rings is 2. The van der Waals surface area contributed by atoms with Crippen LogP contribution in [0.2, 0.25) is 0 Å². The van der Waals surface area contributed by atoms with Crippen molar-refractivity contribution in [2.75, 3.05) is 24.4 Å². The average Bonchev–Trinajstić information content (AvgIpc) is 3.37. The van der Waals surface area contributed by atoms with E-state index in [1.165, 1.54) is 21.8 Å². The van der Waals surface area contributed by atoms with Gasteiger partial charge in [-0.3, -0.25) is 24.2 Å². The van der Waals surface area contributed by atoms with Crippen LogP contribution >= 0.6 is 11.3 Å². The molecule has 0 fully saturated rings. The van der Waals surface area contributed by atoms with Crippen LogP contribution in [0.3, 0.4) is 0 Å². The number of thiophene rings is 1. The Hall–Kier alpha value is -4.61. The third-order valence-electron chi connectivity index (χ3n) is 7.77. The van der Waals surface area contributed by atoms with Crippen LogP contribution in [0, 0.1) is 12.3 Å². The summed E-state index contributed by atoms with van der Waals surface area (Å²) < 4.78 is 8.28. The van der Waals surface area contributed by atoms with Gasteiger partial charge in [0.25, 0.3) is 17.4 Å². The van der Waals surface area contributed by atoms with E-state index in [9.17, 15) is 14.4 Å². The molecule has 0 unspecified atom stereocenters. The zero-order chi connectivity index (χ0) is 30.1. The maximum absolute atomic E-state index is 13.9.